The van der Waals surface area contributed by atoms with Crippen LogP contribution in [0.5, 0.6) is 0 Å². The smallest absolute Gasteiger partial charge is 0.0541 e. The van der Waals surface area contributed by atoms with E-state index in [0.29, 0.717) is 0 Å². The fourth-order valence-corrected chi connectivity index (χ4v) is 9.42. The van der Waals surface area contributed by atoms with Crippen molar-refractivity contribution in [1.29, 1.82) is 0 Å². The second-order valence-electron chi connectivity index (χ2n) is 11.7. The van der Waals surface area contributed by atoms with Crippen molar-refractivity contribution in [3.8, 4) is 27.9 Å². The Balaban J connectivity index is 1.26. The Bertz CT molecular complexity index is 2760. The molecule has 3 heterocycles. The Labute approximate surface area is 267 Å². The minimum absolute atomic E-state index is 1.19. The zero-order chi connectivity index (χ0) is 29.5. The second-order valence-corrected chi connectivity index (χ2v) is 13.9. The zero-order valence-electron chi connectivity index (χ0n) is 24.2. The molecule has 210 valence electrons. The van der Waals surface area contributed by atoms with Gasteiger partial charge in [0.25, 0.3) is 0 Å². The Kier molecular flexibility index (Phi) is 5.39. The maximum Gasteiger partial charge on any atom is 0.0541 e. The molecular weight excluding hydrogens is 583 g/mol. The van der Waals surface area contributed by atoms with Gasteiger partial charge in [-0.3, -0.25) is 0 Å². The van der Waals surface area contributed by atoms with Gasteiger partial charge in [0.15, 0.2) is 0 Å². The molecule has 0 aliphatic carbocycles. The van der Waals surface area contributed by atoms with Gasteiger partial charge in [0, 0.05) is 56.8 Å². The number of benzene rings is 7. The molecule has 0 aliphatic rings. The van der Waals surface area contributed by atoms with Crippen LogP contribution in [0.2, 0.25) is 0 Å². The summed E-state index contributed by atoms with van der Waals surface area (Å²) < 4.78 is 7.77. The molecular formula is C42H25NS2. The van der Waals surface area contributed by atoms with Gasteiger partial charge in [0.1, 0.15) is 0 Å². The van der Waals surface area contributed by atoms with Crippen LogP contribution in [0.15, 0.2) is 152 Å². The van der Waals surface area contributed by atoms with Gasteiger partial charge >= 0.3 is 0 Å². The molecule has 0 amide bonds. The third-order valence-corrected chi connectivity index (χ3v) is 11.5. The number of hydrogen-bond acceptors (Lipinski definition) is 2. The first-order valence-electron chi connectivity index (χ1n) is 15.3. The van der Waals surface area contributed by atoms with Crippen LogP contribution in [-0.2, 0) is 0 Å². The van der Waals surface area contributed by atoms with Crippen molar-refractivity contribution < 1.29 is 0 Å². The number of aromatic nitrogens is 1. The van der Waals surface area contributed by atoms with Crippen molar-refractivity contribution in [3.05, 3.63) is 152 Å². The summed E-state index contributed by atoms with van der Waals surface area (Å²) in [7, 11) is 0. The average Bonchev–Trinajstić information content (AvgIpc) is 3.77. The van der Waals surface area contributed by atoms with Gasteiger partial charge in [-0.25, -0.2) is 0 Å². The van der Waals surface area contributed by atoms with Gasteiger partial charge in [0.05, 0.1) is 11.0 Å². The third-order valence-electron chi connectivity index (χ3n) is 9.21. The maximum absolute atomic E-state index is 2.45. The van der Waals surface area contributed by atoms with Crippen LogP contribution in [-0.4, -0.2) is 4.57 Å². The van der Waals surface area contributed by atoms with Crippen LogP contribution in [0, 0.1) is 0 Å². The van der Waals surface area contributed by atoms with Crippen LogP contribution in [0.4, 0.5) is 0 Å². The summed E-state index contributed by atoms with van der Waals surface area (Å²) in [4.78, 5) is 0. The molecule has 10 aromatic rings. The van der Waals surface area contributed by atoms with Crippen molar-refractivity contribution >= 4 is 84.8 Å². The van der Waals surface area contributed by atoms with Crippen molar-refractivity contribution in [3.63, 3.8) is 0 Å². The molecule has 7 aromatic carbocycles. The van der Waals surface area contributed by atoms with E-state index in [-0.39, 0.29) is 0 Å². The highest BCUT2D eigenvalue weighted by molar-refractivity contribution is 7.26. The van der Waals surface area contributed by atoms with E-state index in [1.807, 2.05) is 22.7 Å². The summed E-state index contributed by atoms with van der Waals surface area (Å²) in [6.45, 7) is 0. The van der Waals surface area contributed by atoms with Gasteiger partial charge in [-0.2, -0.15) is 0 Å². The first kappa shape index (κ1) is 25.1. The van der Waals surface area contributed by atoms with Crippen molar-refractivity contribution in [2.75, 3.05) is 0 Å². The summed E-state index contributed by atoms with van der Waals surface area (Å²) in [6.07, 6.45) is 0. The summed E-state index contributed by atoms with van der Waals surface area (Å²) in [5.41, 5.74) is 8.65. The normalized spacial score (nSPS) is 12.0. The van der Waals surface area contributed by atoms with E-state index in [9.17, 15) is 0 Å². The first-order chi connectivity index (χ1) is 22.3. The lowest BCUT2D eigenvalue weighted by Crippen LogP contribution is -1.93. The summed E-state index contributed by atoms with van der Waals surface area (Å²) >= 11 is 3.75. The Morgan fingerprint density at radius 2 is 0.978 bits per heavy atom. The van der Waals surface area contributed by atoms with Gasteiger partial charge in [0.2, 0.25) is 0 Å². The van der Waals surface area contributed by atoms with E-state index in [2.05, 4.69) is 156 Å². The Morgan fingerprint density at radius 3 is 1.80 bits per heavy atom. The molecule has 3 heteroatoms. The highest BCUT2D eigenvalue weighted by Gasteiger charge is 2.17. The molecule has 3 aromatic heterocycles. The largest absolute Gasteiger partial charge is 0.309 e. The molecule has 0 radical (unpaired) electrons. The quantitative estimate of drug-likeness (QED) is 0.188. The fourth-order valence-electron chi connectivity index (χ4n) is 7.15. The van der Waals surface area contributed by atoms with E-state index in [1.165, 1.54) is 90.1 Å². The van der Waals surface area contributed by atoms with Crippen molar-refractivity contribution in [1.82, 2.24) is 4.57 Å². The molecule has 0 unspecified atom stereocenters. The van der Waals surface area contributed by atoms with E-state index in [4.69, 9.17) is 0 Å². The maximum atomic E-state index is 2.45. The predicted molar refractivity (Wildman–Crippen MR) is 197 cm³/mol. The highest BCUT2D eigenvalue weighted by Crippen LogP contribution is 2.43. The van der Waals surface area contributed by atoms with Crippen molar-refractivity contribution in [2.24, 2.45) is 0 Å². The summed E-state index contributed by atoms with van der Waals surface area (Å²) in [5, 5.41) is 7.88. The number of thiophene rings is 2. The molecule has 0 spiro atoms. The monoisotopic (exact) mass is 607 g/mol. The van der Waals surface area contributed by atoms with Gasteiger partial charge in [-0.15, -0.1) is 22.7 Å². The third kappa shape index (κ3) is 3.78. The van der Waals surface area contributed by atoms with Gasteiger partial charge in [-0.1, -0.05) is 97.1 Å². The molecule has 0 saturated heterocycles. The van der Waals surface area contributed by atoms with Crippen LogP contribution < -0.4 is 0 Å². The Hall–Kier alpha value is -5.22. The molecule has 45 heavy (non-hydrogen) atoms. The minimum Gasteiger partial charge on any atom is -0.309 e. The lowest BCUT2D eigenvalue weighted by atomic mass is 9.97. The van der Waals surface area contributed by atoms with E-state index in [1.54, 1.807) is 0 Å². The van der Waals surface area contributed by atoms with Crippen LogP contribution in [0.25, 0.3) is 90.1 Å². The molecule has 0 aliphatic heterocycles. The number of hydrogen-bond donors (Lipinski definition) is 0. The summed E-state index contributed by atoms with van der Waals surface area (Å²) in [5.74, 6) is 0. The zero-order valence-corrected chi connectivity index (χ0v) is 25.8. The minimum atomic E-state index is 1.19. The molecule has 1 nitrogen and oxygen atoms in total. The van der Waals surface area contributed by atoms with Crippen molar-refractivity contribution in [2.45, 2.75) is 0 Å². The molecule has 0 N–H and O–H groups in total. The Morgan fingerprint density at radius 1 is 0.356 bits per heavy atom. The summed E-state index contributed by atoms with van der Waals surface area (Å²) in [6, 6.07) is 56.0. The standard InChI is InChI=1S/C42H25NS2/c1-2-9-26(10-3-1)27-17-21-36-34(23-27)35-24-28(30-13-8-16-40-42(30)33-12-5-7-15-39(33)44-40)18-22-37(35)43(36)29-19-20-32-31-11-4-6-14-38(31)45-41(32)25-29/h1-25H. The van der Waals surface area contributed by atoms with E-state index >= 15 is 0 Å². The fraction of sp³-hybridized carbons (Fsp3) is 0. The van der Waals surface area contributed by atoms with Crippen LogP contribution >= 0.6 is 22.7 Å². The number of fused-ring (bicyclic) bond motifs is 9. The topological polar surface area (TPSA) is 4.93 Å². The van der Waals surface area contributed by atoms with Crippen LogP contribution in [0.3, 0.4) is 0 Å². The van der Waals surface area contributed by atoms with Gasteiger partial charge < -0.3 is 4.57 Å². The van der Waals surface area contributed by atoms with Gasteiger partial charge in [-0.05, 0) is 76.9 Å². The molecule has 0 atom stereocenters. The molecule has 10 rings (SSSR count). The predicted octanol–water partition coefficient (Wildman–Crippen LogP) is 12.9. The second kappa shape index (κ2) is 9.64. The first-order valence-corrected chi connectivity index (χ1v) is 16.9. The lowest BCUT2D eigenvalue weighted by molar-refractivity contribution is 1.19. The number of nitrogens with zero attached hydrogens (tertiary/aromatic N) is 1. The average molecular weight is 608 g/mol. The molecule has 0 bridgehead atoms. The molecule has 0 saturated carbocycles. The van der Waals surface area contributed by atoms with E-state index < -0.39 is 0 Å². The lowest BCUT2D eigenvalue weighted by Gasteiger charge is -2.10. The SMILES string of the molecule is c1ccc(-c2ccc3c(c2)c2cc(-c4cccc5sc6ccccc6c45)ccc2n3-c2ccc3c(c2)sc2ccccc23)cc1. The number of rotatable bonds is 3. The highest BCUT2D eigenvalue weighted by atomic mass is 32.1. The molecule has 0 fully saturated rings. The van der Waals surface area contributed by atoms with Crippen LogP contribution in [0.1, 0.15) is 0 Å². The van der Waals surface area contributed by atoms with E-state index in [0.717, 1.165) is 0 Å².